The molecule has 108 valence electrons. The molecule has 0 fully saturated rings. The number of anilines is 2. The van der Waals surface area contributed by atoms with Crippen molar-refractivity contribution in [1.82, 2.24) is 0 Å². The second-order valence-electron chi connectivity index (χ2n) is 5.68. The summed E-state index contributed by atoms with van der Waals surface area (Å²) >= 11 is 0. The summed E-state index contributed by atoms with van der Waals surface area (Å²) < 4.78 is 0. The summed E-state index contributed by atoms with van der Waals surface area (Å²) in [5, 5.41) is 0. The molecule has 2 aromatic carbocycles. The Morgan fingerprint density at radius 1 is 1.10 bits per heavy atom. The average molecular weight is 280 g/mol. The Morgan fingerprint density at radius 2 is 1.81 bits per heavy atom. The molecule has 1 aliphatic rings. The van der Waals surface area contributed by atoms with Gasteiger partial charge in [0.05, 0.1) is 11.3 Å². The van der Waals surface area contributed by atoms with Gasteiger partial charge in [-0.05, 0) is 49.4 Å². The van der Waals surface area contributed by atoms with Crippen LogP contribution in [0.1, 0.15) is 33.5 Å². The number of rotatable bonds is 1. The van der Waals surface area contributed by atoms with Crippen LogP contribution in [0.25, 0.3) is 0 Å². The van der Waals surface area contributed by atoms with Crippen LogP contribution >= 0.6 is 0 Å². The third-order valence-electron chi connectivity index (χ3n) is 4.22. The molecule has 2 aromatic rings. The Bertz CT molecular complexity index is 706. The minimum absolute atomic E-state index is 0.00597. The number of nitrogens with zero attached hydrogens (tertiary/aromatic N) is 1. The van der Waals surface area contributed by atoms with Crippen molar-refractivity contribution in [2.75, 3.05) is 17.2 Å². The zero-order chi connectivity index (χ0) is 15.0. The standard InChI is InChI=1S/C18H20N2O/c1-12-6-4-10-15(16(12)19)18(21)20-11-5-9-14-8-3-7-13(2)17(14)20/h3-4,6-8,10H,5,9,11,19H2,1-2H3. The van der Waals surface area contributed by atoms with Gasteiger partial charge < -0.3 is 10.6 Å². The molecule has 1 amide bonds. The molecule has 0 bridgehead atoms. The number of fused-ring (bicyclic) bond motifs is 1. The van der Waals surface area contributed by atoms with E-state index in [0.717, 1.165) is 36.2 Å². The molecule has 0 saturated carbocycles. The van der Waals surface area contributed by atoms with Gasteiger partial charge in [-0.1, -0.05) is 30.3 Å². The molecule has 3 heteroatoms. The van der Waals surface area contributed by atoms with Crippen molar-refractivity contribution in [2.24, 2.45) is 0 Å². The van der Waals surface area contributed by atoms with Gasteiger partial charge in [-0.3, -0.25) is 4.79 Å². The van der Waals surface area contributed by atoms with Gasteiger partial charge in [-0.25, -0.2) is 0 Å². The monoisotopic (exact) mass is 280 g/mol. The van der Waals surface area contributed by atoms with Crippen LogP contribution in [0.5, 0.6) is 0 Å². The number of carbonyl (C=O) groups is 1. The van der Waals surface area contributed by atoms with E-state index in [1.54, 1.807) is 0 Å². The van der Waals surface area contributed by atoms with Crippen LogP contribution in [0.15, 0.2) is 36.4 Å². The van der Waals surface area contributed by atoms with Gasteiger partial charge in [0.25, 0.3) is 5.91 Å². The zero-order valence-electron chi connectivity index (χ0n) is 12.5. The lowest BCUT2D eigenvalue weighted by atomic mass is 9.97. The van der Waals surface area contributed by atoms with Crippen molar-refractivity contribution in [3.05, 3.63) is 58.7 Å². The Morgan fingerprint density at radius 3 is 2.62 bits per heavy atom. The number of para-hydroxylation sites is 2. The first kappa shape index (κ1) is 13.7. The normalized spacial score (nSPS) is 13.9. The van der Waals surface area contributed by atoms with Crippen LogP contribution in [0.4, 0.5) is 11.4 Å². The predicted octanol–water partition coefficient (Wildman–Crippen LogP) is 3.48. The maximum Gasteiger partial charge on any atom is 0.260 e. The van der Waals surface area contributed by atoms with Gasteiger partial charge in [-0.15, -0.1) is 0 Å². The highest BCUT2D eigenvalue weighted by Gasteiger charge is 2.26. The van der Waals surface area contributed by atoms with Gasteiger partial charge in [0, 0.05) is 12.2 Å². The van der Waals surface area contributed by atoms with Crippen molar-refractivity contribution >= 4 is 17.3 Å². The van der Waals surface area contributed by atoms with E-state index in [2.05, 4.69) is 25.1 Å². The quantitative estimate of drug-likeness (QED) is 0.813. The number of benzene rings is 2. The molecule has 0 radical (unpaired) electrons. The summed E-state index contributed by atoms with van der Waals surface area (Å²) in [4.78, 5) is 14.8. The molecule has 3 nitrogen and oxygen atoms in total. The summed E-state index contributed by atoms with van der Waals surface area (Å²) in [6.45, 7) is 4.75. The molecule has 3 rings (SSSR count). The number of carbonyl (C=O) groups excluding carboxylic acids is 1. The number of hydrogen-bond acceptors (Lipinski definition) is 2. The van der Waals surface area contributed by atoms with Crippen LogP contribution in [-0.2, 0) is 6.42 Å². The van der Waals surface area contributed by atoms with Crippen LogP contribution in [0.2, 0.25) is 0 Å². The van der Waals surface area contributed by atoms with Crippen molar-refractivity contribution in [1.29, 1.82) is 0 Å². The summed E-state index contributed by atoms with van der Waals surface area (Å²) in [7, 11) is 0. The number of aryl methyl sites for hydroxylation is 3. The molecule has 1 heterocycles. The smallest absolute Gasteiger partial charge is 0.260 e. The summed E-state index contributed by atoms with van der Waals surface area (Å²) in [5.74, 6) is 0.00597. The van der Waals surface area contributed by atoms with Crippen LogP contribution < -0.4 is 10.6 Å². The van der Waals surface area contributed by atoms with Gasteiger partial charge in [0.1, 0.15) is 0 Å². The molecular weight excluding hydrogens is 260 g/mol. The van der Waals surface area contributed by atoms with E-state index >= 15 is 0 Å². The van der Waals surface area contributed by atoms with E-state index in [9.17, 15) is 4.79 Å². The number of hydrogen-bond donors (Lipinski definition) is 1. The molecule has 0 atom stereocenters. The highest BCUT2D eigenvalue weighted by Crippen LogP contribution is 2.32. The van der Waals surface area contributed by atoms with Crippen LogP contribution in [-0.4, -0.2) is 12.5 Å². The molecule has 0 aliphatic carbocycles. The third kappa shape index (κ3) is 2.29. The largest absolute Gasteiger partial charge is 0.398 e. The topological polar surface area (TPSA) is 46.3 Å². The predicted molar refractivity (Wildman–Crippen MR) is 86.8 cm³/mol. The van der Waals surface area contributed by atoms with Crippen molar-refractivity contribution < 1.29 is 4.79 Å². The molecule has 0 aromatic heterocycles. The van der Waals surface area contributed by atoms with Crippen LogP contribution in [0.3, 0.4) is 0 Å². The maximum absolute atomic E-state index is 12.9. The summed E-state index contributed by atoms with van der Waals surface area (Å²) in [6, 6.07) is 11.9. The van der Waals surface area contributed by atoms with Crippen LogP contribution in [0, 0.1) is 13.8 Å². The molecule has 21 heavy (non-hydrogen) atoms. The number of nitrogen functional groups attached to an aromatic ring is 1. The summed E-state index contributed by atoms with van der Waals surface area (Å²) in [6.07, 6.45) is 2.03. The van der Waals surface area contributed by atoms with Gasteiger partial charge in [0.15, 0.2) is 0 Å². The van der Waals surface area contributed by atoms with Crippen molar-refractivity contribution in [2.45, 2.75) is 26.7 Å². The zero-order valence-corrected chi connectivity index (χ0v) is 12.5. The van der Waals surface area contributed by atoms with Crippen molar-refractivity contribution in [3.8, 4) is 0 Å². The fourth-order valence-corrected chi connectivity index (χ4v) is 3.06. The molecule has 2 N–H and O–H groups in total. The van der Waals surface area contributed by atoms with Crippen molar-refractivity contribution in [3.63, 3.8) is 0 Å². The lowest BCUT2D eigenvalue weighted by molar-refractivity contribution is 0.0985. The van der Waals surface area contributed by atoms with E-state index < -0.39 is 0 Å². The van der Waals surface area contributed by atoms with E-state index in [1.807, 2.05) is 30.0 Å². The second kappa shape index (κ2) is 5.24. The highest BCUT2D eigenvalue weighted by atomic mass is 16.2. The number of nitrogens with two attached hydrogens (primary N) is 1. The Kier molecular flexibility index (Phi) is 3.42. The summed E-state index contributed by atoms with van der Waals surface area (Å²) in [5.41, 5.74) is 11.7. The molecule has 1 aliphatic heterocycles. The first-order valence-electron chi connectivity index (χ1n) is 7.35. The third-order valence-corrected chi connectivity index (χ3v) is 4.22. The Balaban J connectivity index is 2.07. The Hall–Kier alpha value is -2.29. The lowest BCUT2D eigenvalue weighted by Gasteiger charge is -2.31. The SMILES string of the molecule is Cc1cccc(C(=O)N2CCCc3cccc(C)c32)c1N. The molecule has 0 spiro atoms. The van der Waals surface area contributed by atoms with E-state index in [1.165, 1.54) is 5.56 Å². The minimum Gasteiger partial charge on any atom is -0.398 e. The fourth-order valence-electron chi connectivity index (χ4n) is 3.06. The van der Waals surface area contributed by atoms with E-state index in [0.29, 0.717) is 11.3 Å². The minimum atomic E-state index is 0.00597. The average Bonchev–Trinajstić information content (AvgIpc) is 2.49. The lowest BCUT2D eigenvalue weighted by Crippen LogP contribution is -2.36. The Labute approximate surface area is 125 Å². The molecular formula is C18H20N2O. The fraction of sp³-hybridized carbons (Fsp3) is 0.278. The second-order valence-corrected chi connectivity index (χ2v) is 5.68. The van der Waals surface area contributed by atoms with E-state index in [4.69, 9.17) is 5.73 Å². The maximum atomic E-state index is 12.9. The molecule has 0 unspecified atom stereocenters. The highest BCUT2D eigenvalue weighted by molar-refractivity contribution is 6.10. The van der Waals surface area contributed by atoms with E-state index in [-0.39, 0.29) is 5.91 Å². The molecule has 0 saturated heterocycles. The number of amides is 1. The first-order chi connectivity index (χ1) is 10.1. The van der Waals surface area contributed by atoms with Gasteiger partial charge in [-0.2, -0.15) is 0 Å². The van der Waals surface area contributed by atoms with Gasteiger partial charge >= 0.3 is 0 Å². The first-order valence-corrected chi connectivity index (χ1v) is 7.35. The van der Waals surface area contributed by atoms with Gasteiger partial charge in [0.2, 0.25) is 0 Å².